The zero-order chi connectivity index (χ0) is 24.8. The highest BCUT2D eigenvalue weighted by Crippen LogP contribution is 2.38. The first-order valence-electron chi connectivity index (χ1n) is 11.6. The molecular weight excluding hydrogens is 442 g/mol. The van der Waals surface area contributed by atoms with E-state index in [0.29, 0.717) is 36.0 Å². The van der Waals surface area contributed by atoms with Crippen molar-refractivity contribution >= 4 is 28.1 Å². The van der Waals surface area contributed by atoms with Gasteiger partial charge in [0.25, 0.3) is 0 Å². The van der Waals surface area contributed by atoms with E-state index in [-0.39, 0.29) is 5.91 Å². The molecule has 0 radical (unpaired) electrons. The lowest BCUT2D eigenvalue weighted by Crippen LogP contribution is -2.10. The van der Waals surface area contributed by atoms with Crippen LogP contribution < -0.4 is 19.5 Å². The third kappa shape index (κ3) is 5.32. The van der Waals surface area contributed by atoms with Gasteiger partial charge in [-0.25, -0.2) is 0 Å². The molecule has 1 N–H and O–H groups in total. The van der Waals surface area contributed by atoms with Crippen molar-refractivity contribution in [2.45, 2.75) is 20.8 Å². The molecule has 1 heterocycles. The van der Waals surface area contributed by atoms with Gasteiger partial charge in [-0.1, -0.05) is 24.3 Å². The Bertz CT molecular complexity index is 1350. The molecule has 4 aromatic rings. The topological polar surface area (TPSA) is 69.9 Å². The lowest BCUT2D eigenvalue weighted by molar-refractivity contribution is -0.111. The highest BCUT2D eigenvalue weighted by atomic mass is 16.5. The number of anilines is 1. The average molecular weight is 472 g/mol. The highest BCUT2D eigenvalue weighted by molar-refractivity contribution is 6.06. The van der Waals surface area contributed by atoms with E-state index < -0.39 is 0 Å². The number of carbonyl (C=O) groups excluding carboxylic acids is 1. The van der Waals surface area contributed by atoms with E-state index in [2.05, 4.69) is 5.32 Å². The molecule has 0 saturated heterocycles. The number of para-hydroxylation sites is 2. The fourth-order valence-electron chi connectivity index (χ4n) is 3.93. The van der Waals surface area contributed by atoms with E-state index in [4.69, 9.17) is 18.6 Å². The van der Waals surface area contributed by atoms with Crippen LogP contribution in [0.15, 0.2) is 77.4 Å². The van der Waals surface area contributed by atoms with E-state index in [1.54, 1.807) is 19.4 Å². The monoisotopic (exact) mass is 471 g/mol. The molecule has 0 bridgehead atoms. The molecule has 180 valence electrons. The molecule has 0 atom stereocenters. The number of furan rings is 1. The number of hydrogen-bond donors (Lipinski definition) is 1. The number of rotatable bonds is 9. The number of nitrogens with one attached hydrogen (secondary N) is 1. The number of methoxy groups -OCH3 is 1. The molecule has 0 fully saturated rings. The fourth-order valence-corrected chi connectivity index (χ4v) is 3.93. The molecule has 6 heteroatoms. The normalized spacial score (nSPS) is 11.4. The van der Waals surface area contributed by atoms with Crippen LogP contribution in [0.3, 0.4) is 0 Å². The Balaban J connectivity index is 1.70. The quantitative estimate of drug-likeness (QED) is 0.268. The molecule has 0 saturated carbocycles. The Hall–Kier alpha value is -4.19. The minimum absolute atomic E-state index is 0.250. The van der Waals surface area contributed by atoms with Crippen molar-refractivity contribution in [1.29, 1.82) is 0 Å². The van der Waals surface area contributed by atoms with Crippen LogP contribution >= 0.6 is 0 Å². The van der Waals surface area contributed by atoms with Gasteiger partial charge in [0, 0.05) is 28.7 Å². The summed E-state index contributed by atoms with van der Waals surface area (Å²) in [6.07, 6.45) is 3.31. The number of benzene rings is 3. The second-order valence-electron chi connectivity index (χ2n) is 7.90. The van der Waals surface area contributed by atoms with Crippen molar-refractivity contribution in [2.24, 2.45) is 0 Å². The van der Waals surface area contributed by atoms with Crippen molar-refractivity contribution in [3.8, 4) is 28.4 Å². The minimum atomic E-state index is -0.250. The van der Waals surface area contributed by atoms with Crippen molar-refractivity contribution in [2.75, 3.05) is 25.6 Å². The Kier molecular flexibility index (Phi) is 7.41. The van der Waals surface area contributed by atoms with Crippen molar-refractivity contribution in [3.63, 3.8) is 0 Å². The third-order valence-electron chi connectivity index (χ3n) is 5.59. The third-order valence-corrected chi connectivity index (χ3v) is 5.59. The number of carbonyl (C=O) groups is 1. The molecule has 0 aliphatic heterocycles. The van der Waals surface area contributed by atoms with Gasteiger partial charge in [0.1, 0.15) is 22.8 Å². The number of ether oxygens (including phenoxy) is 3. The second kappa shape index (κ2) is 10.8. The van der Waals surface area contributed by atoms with E-state index in [1.807, 2.05) is 81.4 Å². The SMILES string of the molecule is CCOc1ccccc1NC(=O)/C=C(\C)c1cc2c(-c3ccc(OC)cc3)coc2cc1OCC. The standard InChI is InChI=1S/C29H29NO5/c1-5-33-26-10-8-7-9-25(26)30-29(31)15-19(3)22-16-23-24(20-11-13-21(32-4)14-12-20)18-35-28(23)17-27(22)34-6-2/h7-18H,5-6H2,1-4H3,(H,30,31)/b19-15+. The fraction of sp³-hybridized carbons (Fsp3) is 0.207. The maximum absolute atomic E-state index is 12.9. The van der Waals surface area contributed by atoms with E-state index in [9.17, 15) is 4.79 Å². The first-order valence-corrected chi connectivity index (χ1v) is 11.6. The highest BCUT2D eigenvalue weighted by Gasteiger charge is 2.16. The van der Waals surface area contributed by atoms with Gasteiger partial charge in [0.2, 0.25) is 5.91 Å². The van der Waals surface area contributed by atoms with Gasteiger partial charge in [-0.15, -0.1) is 0 Å². The molecule has 0 aliphatic carbocycles. The minimum Gasteiger partial charge on any atom is -0.497 e. The summed E-state index contributed by atoms with van der Waals surface area (Å²) in [5, 5.41) is 3.85. The predicted octanol–water partition coefficient (Wildman–Crippen LogP) is 6.95. The molecular formula is C29H29NO5. The Morgan fingerprint density at radius 2 is 1.69 bits per heavy atom. The first kappa shape index (κ1) is 24.0. The summed E-state index contributed by atoms with van der Waals surface area (Å²) in [4.78, 5) is 12.9. The van der Waals surface area contributed by atoms with Gasteiger partial charge in [0.05, 0.1) is 32.3 Å². The first-order chi connectivity index (χ1) is 17.0. The molecule has 4 rings (SSSR count). The van der Waals surface area contributed by atoms with E-state index >= 15 is 0 Å². The molecule has 3 aromatic carbocycles. The van der Waals surface area contributed by atoms with Gasteiger partial charge in [-0.2, -0.15) is 0 Å². The predicted molar refractivity (Wildman–Crippen MR) is 139 cm³/mol. The summed E-state index contributed by atoms with van der Waals surface area (Å²) in [6.45, 7) is 6.73. The van der Waals surface area contributed by atoms with Gasteiger partial charge < -0.3 is 23.9 Å². The van der Waals surface area contributed by atoms with Gasteiger partial charge in [-0.05, 0) is 62.2 Å². The summed E-state index contributed by atoms with van der Waals surface area (Å²) in [5.41, 5.74) is 4.89. The lowest BCUT2D eigenvalue weighted by Gasteiger charge is -2.13. The van der Waals surface area contributed by atoms with Crippen LogP contribution in [-0.4, -0.2) is 26.2 Å². The Labute approximate surface area is 205 Å². The lowest BCUT2D eigenvalue weighted by atomic mass is 9.99. The Morgan fingerprint density at radius 1 is 0.971 bits per heavy atom. The van der Waals surface area contributed by atoms with Gasteiger partial charge >= 0.3 is 0 Å². The van der Waals surface area contributed by atoms with Crippen LogP contribution in [0.4, 0.5) is 5.69 Å². The number of hydrogen-bond acceptors (Lipinski definition) is 5. The van der Waals surface area contributed by atoms with E-state index in [1.165, 1.54) is 0 Å². The summed E-state index contributed by atoms with van der Waals surface area (Å²) in [5.74, 6) is 1.83. The summed E-state index contributed by atoms with van der Waals surface area (Å²) >= 11 is 0. The Morgan fingerprint density at radius 3 is 2.40 bits per heavy atom. The van der Waals surface area contributed by atoms with Crippen LogP contribution in [0.5, 0.6) is 17.2 Å². The van der Waals surface area contributed by atoms with Gasteiger partial charge in [-0.3, -0.25) is 4.79 Å². The van der Waals surface area contributed by atoms with Crippen molar-refractivity contribution < 1.29 is 23.4 Å². The smallest absolute Gasteiger partial charge is 0.248 e. The zero-order valence-electron chi connectivity index (χ0n) is 20.4. The van der Waals surface area contributed by atoms with E-state index in [0.717, 1.165) is 33.4 Å². The van der Waals surface area contributed by atoms with Crippen LogP contribution in [0.2, 0.25) is 0 Å². The van der Waals surface area contributed by atoms with Crippen molar-refractivity contribution in [3.05, 3.63) is 78.6 Å². The second-order valence-corrected chi connectivity index (χ2v) is 7.90. The maximum Gasteiger partial charge on any atom is 0.248 e. The average Bonchev–Trinajstić information content (AvgIpc) is 3.28. The number of allylic oxidation sites excluding steroid dienone is 1. The van der Waals surface area contributed by atoms with Crippen LogP contribution in [0, 0.1) is 0 Å². The maximum atomic E-state index is 12.9. The summed E-state index contributed by atoms with van der Waals surface area (Å²) < 4.78 is 22.6. The molecule has 1 aromatic heterocycles. The molecule has 1 amide bonds. The van der Waals surface area contributed by atoms with Crippen LogP contribution in [0.25, 0.3) is 27.7 Å². The number of fused-ring (bicyclic) bond motifs is 1. The van der Waals surface area contributed by atoms with Crippen molar-refractivity contribution in [1.82, 2.24) is 0 Å². The molecule has 35 heavy (non-hydrogen) atoms. The molecule has 0 unspecified atom stereocenters. The van der Waals surface area contributed by atoms with Crippen LogP contribution in [0.1, 0.15) is 26.3 Å². The molecule has 0 aliphatic rings. The number of amides is 1. The summed E-state index contributed by atoms with van der Waals surface area (Å²) in [6, 6.07) is 19.1. The molecule has 0 spiro atoms. The summed E-state index contributed by atoms with van der Waals surface area (Å²) in [7, 11) is 1.64. The largest absolute Gasteiger partial charge is 0.497 e. The van der Waals surface area contributed by atoms with Gasteiger partial charge in [0.15, 0.2) is 0 Å². The molecule has 6 nitrogen and oxygen atoms in total. The zero-order valence-corrected chi connectivity index (χ0v) is 20.4. The van der Waals surface area contributed by atoms with Crippen LogP contribution in [-0.2, 0) is 4.79 Å².